The molecule has 0 aromatic heterocycles. The number of esters is 1. The quantitative estimate of drug-likeness (QED) is 0.409. The van der Waals surface area contributed by atoms with Crippen molar-refractivity contribution < 1.29 is 25.1 Å². The zero-order valence-electron chi connectivity index (χ0n) is 16.8. The number of phenols is 1. The highest BCUT2D eigenvalue weighted by atomic mass is 16.6. The second kappa shape index (κ2) is 7.53. The molecule has 1 heterocycles. The van der Waals surface area contributed by atoms with Crippen molar-refractivity contribution in [3.05, 3.63) is 41.5 Å². The largest absolute Gasteiger partial charge is 0.508 e. The lowest BCUT2D eigenvalue weighted by atomic mass is 9.55. The molecule has 1 aromatic rings. The fraction of sp³-hybridized carbons (Fsp3) is 0.609. The van der Waals surface area contributed by atoms with Crippen molar-refractivity contribution in [2.45, 2.75) is 51.7 Å². The summed E-state index contributed by atoms with van der Waals surface area (Å²) in [5.41, 5.74) is 2.21. The molecule has 1 saturated heterocycles. The first kappa shape index (κ1) is 19.5. The summed E-state index contributed by atoms with van der Waals surface area (Å²) in [5.74, 6) is 0.189. The minimum Gasteiger partial charge on any atom is -0.508 e. The summed E-state index contributed by atoms with van der Waals surface area (Å²) in [6.07, 6.45) is 5.35. The third-order valence-corrected chi connectivity index (χ3v) is 7.56. The smallest absolute Gasteiger partial charge is 0.315 e. The van der Waals surface area contributed by atoms with Crippen LogP contribution in [0, 0.1) is 23.2 Å². The number of ether oxygens (including phenoxy) is 1. The van der Waals surface area contributed by atoms with Crippen molar-refractivity contribution in [3.8, 4) is 5.75 Å². The number of fused-ring (bicyclic) bond motifs is 2. The molecule has 5 nitrogen and oxygen atoms in total. The third kappa shape index (κ3) is 3.25. The molecule has 0 bridgehead atoms. The van der Waals surface area contributed by atoms with Gasteiger partial charge in [-0.1, -0.05) is 37.6 Å². The van der Waals surface area contributed by atoms with E-state index in [1.54, 1.807) is 12.1 Å². The molecule has 2 fully saturated rings. The number of phenolic OH excluding ortho intramolecular Hbond substituents is 1. The van der Waals surface area contributed by atoms with E-state index in [0.717, 1.165) is 37.8 Å². The summed E-state index contributed by atoms with van der Waals surface area (Å²) in [7, 11) is 0. The SMILES string of the molecule is C[C@H]1CCC=C2C[C@H]3OC(=O)[C@@H](C[NH2+]CCc4ccc(O)cc4)[C@H]3[C@H](O)[C@@]21C. The Kier molecular flexibility index (Phi) is 5.23. The fourth-order valence-electron chi connectivity index (χ4n) is 5.56. The van der Waals surface area contributed by atoms with Gasteiger partial charge in [0.05, 0.1) is 19.2 Å². The average Bonchev–Trinajstić information content (AvgIpc) is 2.98. The monoisotopic (exact) mass is 386 g/mol. The molecule has 6 atom stereocenters. The maximum Gasteiger partial charge on any atom is 0.315 e. The summed E-state index contributed by atoms with van der Waals surface area (Å²) in [6, 6.07) is 7.24. The van der Waals surface area contributed by atoms with E-state index in [1.165, 1.54) is 5.57 Å². The predicted octanol–water partition coefficient (Wildman–Crippen LogP) is 1.78. The normalized spacial score (nSPS) is 37.0. The van der Waals surface area contributed by atoms with Crippen molar-refractivity contribution in [1.82, 2.24) is 0 Å². The number of aliphatic hydroxyl groups is 1. The van der Waals surface area contributed by atoms with Gasteiger partial charge in [0.25, 0.3) is 0 Å². The molecule has 0 amide bonds. The number of aromatic hydroxyl groups is 1. The van der Waals surface area contributed by atoms with Crippen LogP contribution in [0.15, 0.2) is 35.9 Å². The average molecular weight is 387 g/mol. The summed E-state index contributed by atoms with van der Waals surface area (Å²) in [5, 5.41) is 22.9. The highest BCUT2D eigenvalue weighted by Gasteiger charge is 2.60. The first-order valence-electron chi connectivity index (χ1n) is 10.6. The maximum absolute atomic E-state index is 12.6. The molecule has 2 aliphatic carbocycles. The van der Waals surface area contributed by atoms with Crippen LogP contribution in [0.3, 0.4) is 0 Å². The van der Waals surface area contributed by atoms with Crippen LogP contribution in [-0.4, -0.2) is 41.5 Å². The molecule has 1 aromatic carbocycles. The number of carbonyl (C=O) groups is 1. The lowest BCUT2D eigenvalue weighted by molar-refractivity contribution is -0.659. The molecule has 4 N–H and O–H groups in total. The van der Waals surface area contributed by atoms with Crippen LogP contribution in [-0.2, 0) is 16.0 Å². The van der Waals surface area contributed by atoms with E-state index < -0.39 is 6.10 Å². The lowest BCUT2D eigenvalue weighted by Crippen LogP contribution is -2.86. The van der Waals surface area contributed by atoms with Gasteiger partial charge in [-0.3, -0.25) is 4.79 Å². The van der Waals surface area contributed by atoms with Crippen LogP contribution < -0.4 is 5.32 Å². The zero-order valence-corrected chi connectivity index (χ0v) is 16.8. The van der Waals surface area contributed by atoms with Gasteiger partial charge in [-0.05, 0) is 36.5 Å². The maximum atomic E-state index is 12.6. The third-order valence-electron chi connectivity index (χ3n) is 7.56. The van der Waals surface area contributed by atoms with E-state index in [2.05, 4.69) is 25.2 Å². The minimum atomic E-state index is -0.533. The molecular formula is C23H32NO4+. The highest BCUT2D eigenvalue weighted by Crippen LogP contribution is 2.55. The summed E-state index contributed by atoms with van der Waals surface area (Å²) in [4.78, 5) is 12.6. The molecule has 3 aliphatic rings. The van der Waals surface area contributed by atoms with Gasteiger partial charge in [-0.25, -0.2) is 0 Å². The van der Waals surface area contributed by atoms with E-state index in [0.29, 0.717) is 12.5 Å². The number of carbonyl (C=O) groups excluding carboxylic acids is 1. The second-order valence-electron chi connectivity index (χ2n) is 9.03. The van der Waals surface area contributed by atoms with Gasteiger partial charge in [0, 0.05) is 24.2 Å². The number of aliphatic hydroxyl groups excluding tert-OH is 1. The number of rotatable bonds is 5. The van der Waals surface area contributed by atoms with Crippen molar-refractivity contribution in [1.29, 1.82) is 0 Å². The Morgan fingerprint density at radius 2 is 2.04 bits per heavy atom. The Morgan fingerprint density at radius 3 is 2.79 bits per heavy atom. The number of nitrogens with two attached hydrogens (primary N) is 1. The van der Waals surface area contributed by atoms with E-state index in [9.17, 15) is 15.0 Å². The van der Waals surface area contributed by atoms with Crippen molar-refractivity contribution in [2.24, 2.45) is 23.2 Å². The van der Waals surface area contributed by atoms with Gasteiger partial charge >= 0.3 is 5.97 Å². The van der Waals surface area contributed by atoms with Crippen LogP contribution in [0.25, 0.3) is 0 Å². The molecule has 28 heavy (non-hydrogen) atoms. The number of allylic oxidation sites excluding steroid dienone is 1. The molecule has 5 heteroatoms. The number of hydrogen-bond acceptors (Lipinski definition) is 4. The van der Waals surface area contributed by atoms with E-state index in [4.69, 9.17) is 4.74 Å². The van der Waals surface area contributed by atoms with Crippen LogP contribution in [0.1, 0.15) is 38.7 Å². The lowest BCUT2D eigenvalue weighted by Gasteiger charge is -2.51. The van der Waals surface area contributed by atoms with Crippen molar-refractivity contribution in [2.75, 3.05) is 13.1 Å². The molecular weight excluding hydrogens is 354 g/mol. The Labute approximate surface area is 166 Å². The van der Waals surface area contributed by atoms with Gasteiger partial charge in [0.1, 0.15) is 17.8 Å². The standard InChI is InChI=1S/C23H31NO4/c1-14-4-3-5-16-12-19-20(21(26)23(14,16)2)18(22(27)28-19)13-24-11-10-15-6-8-17(25)9-7-15/h5-9,14,18-21,24-26H,3-4,10-13H2,1-2H3/p+1/t14-,18-,19+,20+,21-,23+/m0/s1. The summed E-state index contributed by atoms with van der Waals surface area (Å²) < 4.78 is 5.72. The first-order valence-corrected chi connectivity index (χ1v) is 10.6. The molecule has 1 saturated carbocycles. The number of hydrogen-bond donors (Lipinski definition) is 3. The number of quaternary nitrogens is 1. The predicted molar refractivity (Wildman–Crippen MR) is 106 cm³/mol. The van der Waals surface area contributed by atoms with Crippen LogP contribution in [0.5, 0.6) is 5.75 Å². The number of benzene rings is 1. The second-order valence-corrected chi connectivity index (χ2v) is 9.03. The van der Waals surface area contributed by atoms with Gasteiger partial charge in [0.2, 0.25) is 0 Å². The van der Waals surface area contributed by atoms with Crippen molar-refractivity contribution in [3.63, 3.8) is 0 Å². The minimum absolute atomic E-state index is 0.111. The van der Waals surface area contributed by atoms with E-state index >= 15 is 0 Å². The Balaban J connectivity index is 1.41. The Bertz CT molecular complexity index is 758. The first-order chi connectivity index (χ1) is 13.4. The van der Waals surface area contributed by atoms with Crippen LogP contribution in [0.4, 0.5) is 0 Å². The zero-order chi connectivity index (χ0) is 19.9. The van der Waals surface area contributed by atoms with Crippen LogP contribution >= 0.6 is 0 Å². The summed E-state index contributed by atoms with van der Waals surface area (Å²) >= 11 is 0. The van der Waals surface area contributed by atoms with E-state index in [-0.39, 0.29) is 35.1 Å². The van der Waals surface area contributed by atoms with Gasteiger partial charge < -0.3 is 20.3 Å². The Morgan fingerprint density at radius 1 is 1.29 bits per heavy atom. The molecule has 0 radical (unpaired) electrons. The fourth-order valence-corrected chi connectivity index (χ4v) is 5.56. The van der Waals surface area contributed by atoms with Crippen LogP contribution in [0.2, 0.25) is 0 Å². The van der Waals surface area contributed by atoms with Gasteiger partial charge in [0.15, 0.2) is 0 Å². The topological polar surface area (TPSA) is 83.4 Å². The van der Waals surface area contributed by atoms with Crippen molar-refractivity contribution >= 4 is 5.97 Å². The summed E-state index contributed by atoms with van der Waals surface area (Å²) in [6.45, 7) is 5.92. The van der Waals surface area contributed by atoms with Gasteiger partial charge in [-0.15, -0.1) is 0 Å². The highest BCUT2D eigenvalue weighted by molar-refractivity contribution is 5.76. The van der Waals surface area contributed by atoms with Gasteiger partial charge in [-0.2, -0.15) is 0 Å². The van der Waals surface area contributed by atoms with E-state index in [1.807, 2.05) is 12.1 Å². The Hall–Kier alpha value is -1.85. The molecule has 152 valence electrons. The molecule has 0 unspecified atom stereocenters. The molecule has 0 spiro atoms. The molecule has 4 rings (SSSR count). The molecule has 1 aliphatic heterocycles.